The molecule has 1 saturated heterocycles. The van der Waals surface area contributed by atoms with Crippen LogP contribution in [0.25, 0.3) is 10.4 Å². The third-order valence-electron chi connectivity index (χ3n) is 9.04. The van der Waals surface area contributed by atoms with Gasteiger partial charge in [0.1, 0.15) is 18.3 Å². The molecule has 57 heavy (non-hydrogen) atoms. The highest BCUT2D eigenvalue weighted by atomic mass is 31.2. The van der Waals surface area contributed by atoms with Crippen molar-refractivity contribution >= 4 is 13.8 Å². The number of rotatable bonds is 24. The smallest absolute Gasteiger partial charge is 0.453 e. The predicted octanol–water partition coefficient (Wildman–Crippen LogP) is 9.82. The fourth-order valence-electron chi connectivity index (χ4n) is 6.02. The Bertz CT molecular complexity index is 1820. The summed E-state index contributed by atoms with van der Waals surface area (Å²) in [5.41, 5.74) is 12.6. The zero-order chi connectivity index (χ0) is 40.1. The van der Waals surface area contributed by atoms with Crippen LogP contribution in [0.15, 0.2) is 126 Å². The Hall–Kier alpha value is -4.39. The molecule has 0 bridgehead atoms. The topological polar surface area (TPSA) is 157 Å². The molecule has 13 nitrogen and oxygen atoms in total. The normalized spacial score (nSPS) is 20.0. The Balaban J connectivity index is 1.56. The molecule has 5 rings (SSSR count). The molecule has 0 spiro atoms. The van der Waals surface area contributed by atoms with Gasteiger partial charge in [-0.2, -0.15) is 0 Å². The first-order valence-corrected chi connectivity index (χ1v) is 20.8. The first-order chi connectivity index (χ1) is 27.9. The van der Waals surface area contributed by atoms with Gasteiger partial charge >= 0.3 is 13.8 Å². The lowest BCUT2D eigenvalue weighted by molar-refractivity contribution is -0.306. The molecule has 4 aromatic rings. The minimum absolute atomic E-state index is 0.0108. The van der Waals surface area contributed by atoms with Crippen LogP contribution < -0.4 is 0 Å². The van der Waals surface area contributed by atoms with Gasteiger partial charge in [0, 0.05) is 4.91 Å². The summed E-state index contributed by atoms with van der Waals surface area (Å²) < 4.78 is 64.7. The third-order valence-corrected chi connectivity index (χ3v) is 10.5. The number of unbranched alkanes of at least 4 members (excludes halogenated alkanes) is 2. The van der Waals surface area contributed by atoms with E-state index in [1.165, 1.54) is 0 Å². The van der Waals surface area contributed by atoms with E-state index >= 15 is 0 Å². The number of carbonyl (C=O) groups is 1. The van der Waals surface area contributed by atoms with Crippen LogP contribution in [0.4, 0.5) is 0 Å². The Kier molecular flexibility index (Phi) is 18.2. The lowest BCUT2D eigenvalue weighted by atomic mass is 9.97. The Labute approximate surface area is 334 Å². The minimum atomic E-state index is -4.34. The molecule has 1 aliphatic rings. The molecule has 1 unspecified atom stereocenters. The van der Waals surface area contributed by atoms with Crippen LogP contribution in [0.5, 0.6) is 0 Å². The number of carbonyl (C=O) groups excluding carboxylic acids is 1. The van der Waals surface area contributed by atoms with Gasteiger partial charge in [-0.05, 0) is 40.6 Å². The molecule has 1 aliphatic heterocycles. The lowest BCUT2D eigenvalue weighted by Crippen LogP contribution is -2.62. The van der Waals surface area contributed by atoms with E-state index < -0.39 is 50.5 Å². The molecule has 6 atom stereocenters. The number of ether oxygens (including phenoxy) is 5. The summed E-state index contributed by atoms with van der Waals surface area (Å²) in [7, 11) is -4.34. The van der Waals surface area contributed by atoms with Crippen LogP contribution in [-0.2, 0) is 66.4 Å². The molecule has 0 radical (unpaired) electrons. The summed E-state index contributed by atoms with van der Waals surface area (Å²) in [4.78, 5) is 17.1. The Morgan fingerprint density at radius 3 is 1.72 bits per heavy atom. The molecule has 0 saturated carbocycles. The lowest BCUT2D eigenvalue weighted by Gasteiger charge is -2.45. The van der Waals surface area contributed by atoms with E-state index in [4.69, 9.17) is 37.3 Å². The summed E-state index contributed by atoms with van der Waals surface area (Å²) in [5.74, 6) is -0.913. The first-order valence-electron chi connectivity index (χ1n) is 19.4. The van der Waals surface area contributed by atoms with Crippen molar-refractivity contribution in [3.8, 4) is 0 Å². The van der Waals surface area contributed by atoms with Crippen LogP contribution in [0, 0.1) is 0 Å². The largest absolute Gasteiger partial charge is 0.477 e. The number of esters is 1. The van der Waals surface area contributed by atoms with Gasteiger partial charge in [-0.3, -0.25) is 18.4 Å². The van der Waals surface area contributed by atoms with Gasteiger partial charge < -0.3 is 23.7 Å². The average molecular weight is 802 g/mol. The molecule has 1 fully saturated rings. The van der Waals surface area contributed by atoms with Gasteiger partial charge in [-0.1, -0.05) is 153 Å². The molecule has 4 aromatic carbocycles. The molecule has 0 amide bonds. The van der Waals surface area contributed by atoms with Crippen molar-refractivity contribution in [2.24, 2.45) is 5.11 Å². The van der Waals surface area contributed by atoms with Crippen molar-refractivity contribution in [3.05, 3.63) is 154 Å². The monoisotopic (exact) mass is 801 g/mol. The number of benzene rings is 4. The quantitative estimate of drug-likeness (QED) is 0.0167. The standard InChI is InChI=1S/C43H52N3O10P/c1-3-5-27-52-57(48,53-28-6-4-2)56-43-41(55-42(47)38(45-46-44)36-25-17-10-18-26-36)40(51-31-35-23-15-9-16-24-35)39(50-30-34-21-13-8-14-22-34)37(54-43)32-49-29-33-19-11-7-12-20-33/h7-26,37-41,43H,3-6,27-32H2,1-2H3/t37-,38?,39-,40+,41-,43+/m1/s1. The van der Waals surface area contributed by atoms with E-state index in [2.05, 4.69) is 10.0 Å². The highest BCUT2D eigenvalue weighted by molar-refractivity contribution is 7.48. The number of phosphoric acid groups is 1. The SMILES string of the molecule is CCCCOP(=O)(OCCCC)O[C@@H]1O[C@H](COCc2ccccc2)[C@@H](OCc2ccccc2)[C@H](OCc2ccccc2)[C@H]1OC(=O)C(N=[N+]=[N-])c1ccccc1. The van der Waals surface area contributed by atoms with Crippen molar-refractivity contribution in [2.45, 2.75) is 96.1 Å². The fourth-order valence-corrected chi connectivity index (χ4v) is 7.34. The second kappa shape index (κ2) is 23.7. The van der Waals surface area contributed by atoms with Crippen LogP contribution >= 0.6 is 7.82 Å². The van der Waals surface area contributed by atoms with Gasteiger partial charge in [0.2, 0.25) is 6.29 Å². The number of nitrogens with zero attached hydrogens (tertiary/aromatic N) is 3. The third kappa shape index (κ3) is 13.9. The van der Waals surface area contributed by atoms with E-state index in [1.54, 1.807) is 30.3 Å². The number of hydrogen-bond acceptors (Lipinski definition) is 11. The van der Waals surface area contributed by atoms with Gasteiger partial charge in [0.25, 0.3) is 0 Å². The molecule has 1 heterocycles. The van der Waals surface area contributed by atoms with Crippen molar-refractivity contribution in [3.63, 3.8) is 0 Å². The molecular weight excluding hydrogens is 749 g/mol. The summed E-state index contributed by atoms with van der Waals surface area (Å²) in [6, 6.07) is 35.8. The van der Waals surface area contributed by atoms with Gasteiger partial charge in [-0.25, -0.2) is 4.57 Å². The van der Waals surface area contributed by atoms with Crippen LogP contribution in [0.1, 0.15) is 67.8 Å². The number of hydrogen-bond donors (Lipinski definition) is 0. The predicted molar refractivity (Wildman–Crippen MR) is 213 cm³/mol. The Morgan fingerprint density at radius 2 is 1.21 bits per heavy atom. The van der Waals surface area contributed by atoms with Gasteiger partial charge in [-0.15, -0.1) is 0 Å². The summed E-state index contributed by atoms with van der Waals surface area (Å²) in [6.45, 7) is 4.60. The molecule has 304 valence electrons. The van der Waals surface area contributed by atoms with E-state index in [1.807, 2.05) is 105 Å². The fraction of sp³-hybridized carbons (Fsp3) is 0.419. The maximum Gasteiger partial charge on any atom is 0.477 e. The maximum absolute atomic E-state index is 14.4. The highest BCUT2D eigenvalue weighted by Gasteiger charge is 2.53. The van der Waals surface area contributed by atoms with E-state index in [0.717, 1.165) is 29.5 Å². The van der Waals surface area contributed by atoms with Crippen LogP contribution in [0.2, 0.25) is 0 Å². The average Bonchev–Trinajstić information content (AvgIpc) is 3.24. The molecule has 0 aliphatic carbocycles. The summed E-state index contributed by atoms with van der Waals surface area (Å²) >= 11 is 0. The van der Waals surface area contributed by atoms with Gasteiger partial charge in [0.15, 0.2) is 12.1 Å². The van der Waals surface area contributed by atoms with Crippen molar-refractivity contribution in [1.29, 1.82) is 0 Å². The zero-order valence-corrected chi connectivity index (χ0v) is 33.3. The summed E-state index contributed by atoms with van der Waals surface area (Å²) in [5, 5.41) is 3.79. The first kappa shape index (κ1) is 43.7. The molecule has 0 aromatic heterocycles. The maximum atomic E-state index is 14.4. The van der Waals surface area contributed by atoms with Gasteiger partial charge in [0.05, 0.1) is 39.6 Å². The van der Waals surface area contributed by atoms with Crippen molar-refractivity contribution in [2.75, 3.05) is 19.8 Å². The highest BCUT2D eigenvalue weighted by Crippen LogP contribution is 2.53. The number of azide groups is 1. The molecule has 0 N–H and O–H groups in total. The van der Waals surface area contributed by atoms with Crippen LogP contribution in [0.3, 0.4) is 0 Å². The van der Waals surface area contributed by atoms with E-state index in [0.29, 0.717) is 18.4 Å². The second-order valence-corrected chi connectivity index (χ2v) is 15.0. The molecule has 14 heteroatoms. The Morgan fingerprint density at radius 1 is 0.719 bits per heavy atom. The zero-order valence-electron chi connectivity index (χ0n) is 32.5. The van der Waals surface area contributed by atoms with Crippen molar-refractivity contribution in [1.82, 2.24) is 0 Å². The number of phosphoric ester groups is 1. The minimum Gasteiger partial charge on any atom is -0.453 e. The van der Waals surface area contributed by atoms with E-state index in [9.17, 15) is 14.9 Å². The van der Waals surface area contributed by atoms with E-state index in [-0.39, 0.29) is 39.6 Å². The van der Waals surface area contributed by atoms with Crippen molar-refractivity contribution < 1.29 is 46.6 Å². The second-order valence-electron chi connectivity index (χ2n) is 13.4. The summed E-state index contributed by atoms with van der Waals surface area (Å²) in [6.07, 6.45) is -3.24. The molecular formula is C43H52N3O10P. The van der Waals surface area contributed by atoms with Crippen LogP contribution in [-0.4, -0.2) is 56.5 Å².